The van der Waals surface area contributed by atoms with Gasteiger partial charge < -0.3 is 15.2 Å². The summed E-state index contributed by atoms with van der Waals surface area (Å²) >= 11 is 0. The Morgan fingerprint density at radius 1 is 1.25 bits per heavy atom. The number of nitrogens with zero attached hydrogens (tertiary/aromatic N) is 2. The summed E-state index contributed by atoms with van der Waals surface area (Å²) in [5, 5.41) is 28.6. The molecule has 0 unspecified atom stereocenters. The second-order valence-corrected chi connectivity index (χ2v) is 5.22. The minimum absolute atomic E-state index is 0.106. The van der Waals surface area contributed by atoms with Gasteiger partial charge >= 0.3 is 11.8 Å². The van der Waals surface area contributed by atoms with Crippen molar-refractivity contribution >= 4 is 29.4 Å². The molecule has 2 aromatic carbocycles. The number of hydrogen-bond acceptors (Lipinski definition) is 7. The average molecular weight is 389 g/mol. The summed E-state index contributed by atoms with van der Waals surface area (Å²) < 4.78 is 17.9. The molecule has 0 radical (unpaired) electrons. The zero-order valence-electron chi connectivity index (χ0n) is 14.5. The number of benzene rings is 2. The maximum atomic E-state index is 12.8. The number of rotatable bonds is 6. The highest BCUT2D eigenvalue weighted by Crippen LogP contribution is 2.34. The first-order chi connectivity index (χ1) is 13.3. The van der Waals surface area contributed by atoms with Crippen LogP contribution in [0.4, 0.5) is 15.8 Å². The van der Waals surface area contributed by atoms with E-state index in [9.17, 15) is 29.2 Å². The molecule has 2 amide bonds. The Labute approximate surface area is 157 Å². The van der Waals surface area contributed by atoms with E-state index in [1.54, 1.807) is 6.92 Å². The third-order valence-corrected chi connectivity index (χ3v) is 3.24. The predicted octanol–water partition coefficient (Wildman–Crippen LogP) is 1.29. The third kappa shape index (κ3) is 5.24. The van der Waals surface area contributed by atoms with Gasteiger partial charge in [-0.2, -0.15) is 5.10 Å². The lowest BCUT2D eigenvalue weighted by Gasteiger charge is -2.14. The number of nitrogens with one attached hydrogen (secondary N) is 2. The zero-order chi connectivity index (χ0) is 20.7. The largest absolute Gasteiger partial charge is 0.865 e. The first-order valence-electron chi connectivity index (χ1n) is 7.84. The van der Waals surface area contributed by atoms with Gasteiger partial charge in [0.1, 0.15) is 11.6 Å². The van der Waals surface area contributed by atoms with Crippen LogP contribution in [0.15, 0.2) is 41.5 Å². The Hall–Kier alpha value is -4.02. The number of carbonyl (C=O) groups is 2. The molecule has 0 fully saturated rings. The van der Waals surface area contributed by atoms with E-state index in [0.717, 1.165) is 24.4 Å². The summed E-state index contributed by atoms with van der Waals surface area (Å²) in [7, 11) is 0. The number of nitro groups is 1. The van der Waals surface area contributed by atoms with Crippen LogP contribution in [0.2, 0.25) is 0 Å². The van der Waals surface area contributed by atoms with Crippen LogP contribution in [0.25, 0.3) is 0 Å². The van der Waals surface area contributed by atoms with E-state index in [0.29, 0.717) is 0 Å². The van der Waals surface area contributed by atoms with Crippen LogP contribution in [0, 0.1) is 15.9 Å². The lowest BCUT2D eigenvalue weighted by atomic mass is 10.2. The van der Waals surface area contributed by atoms with Crippen molar-refractivity contribution < 1.29 is 28.7 Å². The monoisotopic (exact) mass is 389 g/mol. The minimum atomic E-state index is -1.12. The van der Waals surface area contributed by atoms with E-state index in [-0.39, 0.29) is 23.6 Å². The number of anilines is 1. The lowest BCUT2D eigenvalue weighted by Crippen LogP contribution is -2.32. The number of ether oxygens (including phenoxy) is 1. The fraction of sp³-hybridized carbons (Fsp3) is 0.118. The van der Waals surface area contributed by atoms with Gasteiger partial charge in [-0.3, -0.25) is 19.7 Å². The molecule has 146 valence electrons. The Morgan fingerprint density at radius 2 is 1.93 bits per heavy atom. The fourth-order valence-corrected chi connectivity index (χ4v) is 2.02. The molecule has 0 aliphatic carbocycles. The highest BCUT2D eigenvalue weighted by Gasteiger charge is 2.14. The SMILES string of the molecule is CCOc1cc(/C=N\NC(=O)C(=O)Nc2ccc(F)cc2)cc([N+](=O)[O-])c1[O-]. The summed E-state index contributed by atoms with van der Waals surface area (Å²) in [5.74, 6) is -3.80. The van der Waals surface area contributed by atoms with Crippen molar-refractivity contribution in [3.8, 4) is 11.5 Å². The Balaban J connectivity index is 2.06. The fourth-order valence-electron chi connectivity index (χ4n) is 2.02. The maximum absolute atomic E-state index is 12.8. The van der Waals surface area contributed by atoms with E-state index in [1.165, 1.54) is 18.2 Å². The van der Waals surface area contributed by atoms with Crippen molar-refractivity contribution in [2.45, 2.75) is 6.92 Å². The molecule has 0 aliphatic rings. The number of amides is 2. The molecular weight excluding hydrogens is 375 g/mol. The van der Waals surface area contributed by atoms with Crippen molar-refractivity contribution in [3.05, 3.63) is 57.9 Å². The van der Waals surface area contributed by atoms with Crippen molar-refractivity contribution in [3.63, 3.8) is 0 Å². The van der Waals surface area contributed by atoms with Crippen LogP contribution >= 0.6 is 0 Å². The van der Waals surface area contributed by atoms with E-state index < -0.39 is 34.0 Å². The minimum Gasteiger partial charge on any atom is -0.865 e. The van der Waals surface area contributed by atoms with Gasteiger partial charge in [0.15, 0.2) is 0 Å². The van der Waals surface area contributed by atoms with Gasteiger partial charge in [0.05, 0.1) is 17.7 Å². The standard InChI is InChI=1S/C17H15FN4O6/c1-2-28-14-8-10(7-13(15(14)23)22(26)27)9-19-21-17(25)16(24)20-12-5-3-11(18)4-6-12/h3-9,23H,2H2,1H3,(H,20,24)(H,21,25)/p-1/b19-9-. The van der Waals surface area contributed by atoms with Gasteiger partial charge in [0, 0.05) is 23.1 Å². The number of hydrogen-bond donors (Lipinski definition) is 2. The number of hydrazone groups is 1. The molecule has 0 saturated carbocycles. The quantitative estimate of drug-likeness (QED) is 0.329. The Morgan fingerprint density at radius 3 is 2.54 bits per heavy atom. The van der Waals surface area contributed by atoms with Crippen LogP contribution in [-0.4, -0.2) is 29.6 Å². The molecule has 0 spiro atoms. The zero-order valence-corrected chi connectivity index (χ0v) is 14.5. The predicted molar refractivity (Wildman–Crippen MR) is 94.5 cm³/mol. The number of carbonyl (C=O) groups excluding carboxylic acids is 2. The van der Waals surface area contributed by atoms with Crippen molar-refractivity contribution in [1.82, 2.24) is 5.43 Å². The first kappa shape index (κ1) is 20.3. The van der Waals surface area contributed by atoms with Crippen LogP contribution in [0.1, 0.15) is 12.5 Å². The van der Waals surface area contributed by atoms with Gasteiger partial charge in [-0.1, -0.05) is 0 Å². The van der Waals surface area contributed by atoms with Crippen molar-refractivity contribution in [1.29, 1.82) is 0 Å². The molecule has 11 heteroatoms. The van der Waals surface area contributed by atoms with E-state index in [4.69, 9.17) is 4.74 Å². The second kappa shape index (κ2) is 9.07. The van der Waals surface area contributed by atoms with Crippen molar-refractivity contribution in [2.24, 2.45) is 5.10 Å². The number of halogens is 1. The first-order valence-corrected chi connectivity index (χ1v) is 7.84. The maximum Gasteiger partial charge on any atom is 0.329 e. The molecule has 0 bridgehead atoms. The summed E-state index contributed by atoms with van der Waals surface area (Å²) in [6.45, 7) is 1.72. The third-order valence-electron chi connectivity index (χ3n) is 3.24. The van der Waals surface area contributed by atoms with Gasteiger partial charge in [0.2, 0.25) is 0 Å². The van der Waals surface area contributed by atoms with Crippen LogP contribution in [0.3, 0.4) is 0 Å². The molecule has 2 aromatic rings. The van der Waals surface area contributed by atoms with E-state index in [2.05, 4.69) is 10.4 Å². The molecule has 0 aliphatic heterocycles. The van der Waals surface area contributed by atoms with Crippen LogP contribution in [-0.2, 0) is 9.59 Å². The lowest BCUT2D eigenvalue weighted by molar-refractivity contribution is -0.398. The molecular formula is C17H14FN4O6-. The molecule has 0 aromatic heterocycles. The number of nitro benzene ring substituents is 1. The van der Waals surface area contributed by atoms with Gasteiger partial charge in [-0.05, 0) is 37.3 Å². The summed E-state index contributed by atoms with van der Waals surface area (Å²) in [5.41, 5.74) is 1.53. The molecule has 2 N–H and O–H groups in total. The summed E-state index contributed by atoms with van der Waals surface area (Å²) in [6, 6.07) is 6.92. The molecule has 2 rings (SSSR count). The van der Waals surface area contributed by atoms with E-state index >= 15 is 0 Å². The molecule has 0 saturated heterocycles. The highest BCUT2D eigenvalue weighted by atomic mass is 19.1. The van der Waals surface area contributed by atoms with Gasteiger partial charge in [0.25, 0.3) is 5.69 Å². The summed E-state index contributed by atoms with van der Waals surface area (Å²) in [4.78, 5) is 33.5. The molecule has 0 atom stereocenters. The van der Waals surface area contributed by atoms with Crippen LogP contribution < -0.4 is 20.6 Å². The molecule has 28 heavy (non-hydrogen) atoms. The Kier molecular flexibility index (Phi) is 6.58. The van der Waals surface area contributed by atoms with E-state index in [1.807, 2.05) is 5.43 Å². The Bertz CT molecular complexity index is 930. The topological polar surface area (TPSA) is 146 Å². The van der Waals surface area contributed by atoms with Crippen molar-refractivity contribution in [2.75, 3.05) is 11.9 Å². The molecule has 10 nitrogen and oxygen atoms in total. The van der Waals surface area contributed by atoms with Gasteiger partial charge in [-0.25, -0.2) is 9.82 Å². The summed E-state index contributed by atoms with van der Waals surface area (Å²) in [6.07, 6.45) is 1.01. The molecule has 0 heterocycles. The normalized spacial score (nSPS) is 10.5. The highest BCUT2D eigenvalue weighted by molar-refractivity contribution is 6.39. The average Bonchev–Trinajstić information content (AvgIpc) is 2.65. The van der Waals surface area contributed by atoms with Gasteiger partial charge in [-0.15, -0.1) is 0 Å². The van der Waals surface area contributed by atoms with Crippen LogP contribution in [0.5, 0.6) is 11.5 Å². The second-order valence-electron chi connectivity index (χ2n) is 5.22. The smallest absolute Gasteiger partial charge is 0.329 e.